The van der Waals surface area contributed by atoms with Crippen molar-refractivity contribution >= 4 is 23.2 Å². The van der Waals surface area contributed by atoms with Crippen molar-refractivity contribution in [2.24, 2.45) is 0 Å². The van der Waals surface area contributed by atoms with Crippen molar-refractivity contribution in [3.63, 3.8) is 0 Å². The van der Waals surface area contributed by atoms with E-state index in [9.17, 15) is 4.79 Å². The third-order valence-electron chi connectivity index (χ3n) is 1.59. The minimum Gasteiger partial charge on any atom is -0.369 e. The van der Waals surface area contributed by atoms with Gasteiger partial charge < -0.3 is 5.32 Å². The summed E-state index contributed by atoms with van der Waals surface area (Å²) in [5, 5.41) is 3.47. The Bertz CT molecular complexity index is 325. The molecule has 0 amide bonds. The van der Waals surface area contributed by atoms with E-state index < -0.39 is 0 Å². The molecule has 0 atom stereocenters. The van der Waals surface area contributed by atoms with E-state index in [0.717, 1.165) is 6.54 Å². The van der Waals surface area contributed by atoms with Gasteiger partial charge in [-0.3, -0.25) is 4.79 Å². The molecule has 0 radical (unpaired) electrons. The summed E-state index contributed by atoms with van der Waals surface area (Å²) in [5.74, 6) is 0.589. The molecule has 13 heavy (non-hydrogen) atoms. The highest BCUT2D eigenvalue weighted by Crippen LogP contribution is 2.19. The zero-order valence-electron chi connectivity index (χ0n) is 7.60. The Morgan fingerprint density at radius 1 is 1.69 bits per heavy atom. The fourth-order valence-corrected chi connectivity index (χ4v) is 1.16. The minimum absolute atomic E-state index is 0.0301. The molecule has 0 aliphatic heterocycles. The summed E-state index contributed by atoms with van der Waals surface area (Å²) < 4.78 is 0. The van der Waals surface area contributed by atoms with Gasteiger partial charge in [0.15, 0.2) is 5.78 Å². The zero-order chi connectivity index (χ0) is 9.84. The first-order valence-electron chi connectivity index (χ1n) is 4.05. The van der Waals surface area contributed by atoms with Gasteiger partial charge in [-0.1, -0.05) is 11.6 Å². The van der Waals surface area contributed by atoms with Gasteiger partial charge in [0.2, 0.25) is 0 Å². The first-order chi connectivity index (χ1) is 6.15. The van der Waals surface area contributed by atoms with Gasteiger partial charge in [-0.2, -0.15) is 0 Å². The normalized spacial score (nSPS) is 9.77. The summed E-state index contributed by atoms with van der Waals surface area (Å²) in [7, 11) is 0. The number of Topliss-reactive ketones (excluding diaryl/α,β-unsaturated/α-hetero) is 1. The van der Waals surface area contributed by atoms with E-state index in [4.69, 9.17) is 11.6 Å². The number of hydrogen-bond acceptors (Lipinski definition) is 3. The fraction of sp³-hybridized carbons (Fsp3) is 0.333. The lowest BCUT2D eigenvalue weighted by Gasteiger charge is -2.04. The Morgan fingerprint density at radius 3 is 2.85 bits per heavy atom. The average molecular weight is 199 g/mol. The van der Waals surface area contributed by atoms with Crippen LogP contribution in [0.5, 0.6) is 0 Å². The van der Waals surface area contributed by atoms with Crippen molar-refractivity contribution < 1.29 is 4.79 Å². The van der Waals surface area contributed by atoms with E-state index in [-0.39, 0.29) is 5.78 Å². The van der Waals surface area contributed by atoms with Crippen LogP contribution in [0.3, 0.4) is 0 Å². The number of rotatable bonds is 3. The molecule has 1 rings (SSSR count). The van der Waals surface area contributed by atoms with Gasteiger partial charge in [0.25, 0.3) is 0 Å². The van der Waals surface area contributed by atoms with Crippen molar-refractivity contribution in [2.45, 2.75) is 13.8 Å². The van der Waals surface area contributed by atoms with Crippen LogP contribution in [0.1, 0.15) is 24.2 Å². The Hall–Kier alpha value is -1.09. The third kappa shape index (κ3) is 2.42. The van der Waals surface area contributed by atoms with E-state index in [0.29, 0.717) is 16.4 Å². The average Bonchev–Trinajstić information content (AvgIpc) is 2.08. The molecule has 0 saturated carbocycles. The van der Waals surface area contributed by atoms with Crippen molar-refractivity contribution in [1.29, 1.82) is 0 Å². The van der Waals surface area contributed by atoms with Gasteiger partial charge >= 0.3 is 0 Å². The van der Waals surface area contributed by atoms with Crippen LogP contribution in [0, 0.1) is 0 Å². The number of halogens is 1. The van der Waals surface area contributed by atoms with Crippen LogP contribution in [0.25, 0.3) is 0 Å². The molecule has 1 N–H and O–H groups in total. The highest BCUT2D eigenvalue weighted by atomic mass is 35.5. The van der Waals surface area contributed by atoms with E-state index in [1.165, 1.54) is 13.1 Å². The molecule has 0 unspecified atom stereocenters. The number of nitrogens with one attached hydrogen (secondary N) is 1. The second-order valence-corrected chi connectivity index (χ2v) is 3.05. The molecule has 3 nitrogen and oxygen atoms in total. The topological polar surface area (TPSA) is 42.0 Å². The molecule has 0 aromatic carbocycles. The van der Waals surface area contributed by atoms with Crippen LogP contribution in [-0.4, -0.2) is 17.3 Å². The maximum atomic E-state index is 10.9. The number of carbonyl (C=O) groups excluding carboxylic acids is 1. The summed E-state index contributed by atoms with van der Waals surface area (Å²) in [5.41, 5.74) is 0.534. The molecule has 0 fully saturated rings. The number of nitrogens with zero attached hydrogens (tertiary/aromatic N) is 1. The quantitative estimate of drug-likeness (QED) is 0.759. The summed E-state index contributed by atoms with van der Waals surface area (Å²) in [4.78, 5) is 15.0. The van der Waals surface area contributed by atoms with Crippen molar-refractivity contribution in [3.8, 4) is 0 Å². The maximum Gasteiger partial charge on any atom is 0.161 e. The number of hydrogen-bond donors (Lipinski definition) is 1. The van der Waals surface area contributed by atoms with E-state index >= 15 is 0 Å². The second-order valence-electron chi connectivity index (χ2n) is 2.64. The van der Waals surface area contributed by atoms with Crippen molar-refractivity contribution in [1.82, 2.24) is 4.98 Å². The Kier molecular flexibility index (Phi) is 3.25. The van der Waals surface area contributed by atoms with Gasteiger partial charge in [0.05, 0.1) is 5.02 Å². The number of aromatic nitrogens is 1. The Labute approximate surface area is 82.1 Å². The molecule has 1 aromatic rings. The first kappa shape index (κ1) is 9.99. The van der Waals surface area contributed by atoms with Gasteiger partial charge in [0, 0.05) is 18.3 Å². The van der Waals surface area contributed by atoms with Crippen LogP contribution in [0.4, 0.5) is 5.82 Å². The molecule has 4 heteroatoms. The largest absolute Gasteiger partial charge is 0.369 e. The zero-order valence-corrected chi connectivity index (χ0v) is 8.35. The Morgan fingerprint density at radius 2 is 2.38 bits per heavy atom. The van der Waals surface area contributed by atoms with Crippen LogP contribution < -0.4 is 5.32 Å². The number of anilines is 1. The molecule has 0 saturated heterocycles. The van der Waals surface area contributed by atoms with Crippen LogP contribution in [0.15, 0.2) is 12.3 Å². The fourth-order valence-electron chi connectivity index (χ4n) is 0.928. The highest BCUT2D eigenvalue weighted by Gasteiger charge is 2.04. The predicted molar refractivity (Wildman–Crippen MR) is 53.4 cm³/mol. The van der Waals surface area contributed by atoms with E-state index in [1.54, 1.807) is 6.07 Å². The summed E-state index contributed by atoms with van der Waals surface area (Å²) in [6.07, 6.45) is 1.52. The molecule has 0 aliphatic rings. The Balaban J connectivity index is 2.98. The molecule has 0 aliphatic carbocycles. The van der Waals surface area contributed by atoms with E-state index in [1.807, 2.05) is 6.92 Å². The minimum atomic E-state index is -0.0301. The standard InChI is InChI=1S/C9H11ClN2O/c1-3-11-9-8(10)4-7(5-12-9)6(2)13/h4-5H,3H2,1-2H3,(H,11,12). The molecule has 1 aromatic heterocycles. The summed E-state index contributed by atoms with van der Waals surface area (Å²) >= 11 is 5.88. The second kappa shape index (κ2) is 4.23. The van der Waals surface area contributed by atoms with Crippen LogP contribution in [-0.2, 0) is 0 Å². The van der Waals surface area contributed by atoms with Gasteiger partial charge in [0.1, 0.15) is 5.82 Å². The predicted octanol–water partition coefficient (Wildman–Crippen LogP) is 2.37. The molecular weight excluding hydrogens is 188 g/mol. The highest BCUT2D eigenvalue weighted by molar-refractivity contribution is 6.33. The number of ketones is 1. The van der Waals surface area contributed by atoms with Gasteiger partial charge in [-0.05, 0) is 19.9 Å². The number of pyridine rings is 1. The number of carbonyl (C=O) groups is 1. The molecular formula is C9H11ClN2O. The lowest BCUT2D eigenvalue weighted by molar-refractivity contribution is 0.101. The first-order valence-corrected chi connectivity index (χ1v) is 4.43. The summed E-state index contributed by atoms with van der Waals surface area (Å²) in [6, 6.07) is 1.62. The lowest BCUT2D eigenvalue weighted by Crippen LogP contribution is -2.02. The van der Waals surface area contributed by atoms with Crippen LogP contribution >= 0.6 is 11.6 Å². The molecule has 0 bridgehead atoms. The SMILES string of the molecule is CCNc1ncc(C(C)=O)cc1Cl. The third-order valence-corrected chi connectivity index (χ3v) is 1.88. The smallest absolute Gasteiger partial charge is 0.161 e. The monoisotopic (exact) mass is 198 g/mol. The maximum absolute atomic E-state index is 10.9. The van der Waals surface area contributed by atoms with Gasteiger partial charge in [-0.25, -0.2) is 4.98 Å². The van der Waals surface area contributed by atoms with Gasteiger partial charge in [-0.15, -0.1) is 0 Å². The summed E-state index contributed by atoms with van der Waals surface area (Å²) in [6.45, 7) is 4.20. The molecule has 1 heterocycles. The molecule has 70 valence electrons. The van der Waals surface area contributed by atoms with Crippen molar-refractivity contribution in [3.05, 3.63) is 22.8 Å². The van der Waals surface area contributed by atoms with Crippen LogP contribution in [0.2, 0.25) is 5.02 Å². The van der Waals surface area contributed by atoms with E-state index in [2.05, 4.69) is 10.3 Å². The van der Waals surface area contributed by atoms with Crippen molar-refractivity contribution in [2.75, 3.05) is 11.9 Å². The molecule has 0 spiro atoms. The lowest BCUT2D eigenvalue weighted by atomic mass is 10.2.